The fraction of sp³-hybridized carbons (Fsp3) is 0.500. The molecule has 1 N–H and O–H groups in total. The van der Waals surface area contributed by atoms with Crippen molar-refractivity contribution in [3.05, 3.63) is 24.3 Å². The number of carbonyl (C=O) groups is 1. The number of benzene rings is 1. The average Bonchev–Trinajstić information content (AvgIpc) is 2.35. The van der Waals surface area contributed by atoms with E-state index in [4.69, 9.17) is 4.74 Å². The van der Waals surface area contributed by atoms with E-state index in [0.717, 1.165) is 10.6 Å². The predicted octanol–water partition coefficient (Wildman–Crippen LogP) is 2.89. The van der Waals surface area contributed by atoms with Crippen LogP contribution in [0, 0.1) is 0 Å². The zero-order valence-corrected chi connectivity index (χ0v) is 12.2. The highest BCUT2D eigenvalue weighted by atomic mass is 32.2. The van der Waals surface area contributed by atoms with Crippen LogP contribution in [-0.4, -0.2) is 35.2 Å². The minimum Gasteiger partial charge on any atom is -0.443 e. The Labute approximate surface area is 117 Å². The van der Waals surface area contributed by atoms with Crippen LogP contribution in [0.3, 0.4) is 0 Å². The summed E-state index contributed by atoms with van der Waals surface area (Å²) in [6.45, 7) is 6.04. The quantitative estimate of drug-likeness (QED) is 0.860. The lowest BCUT2D eigenvalue weighted by Gasteiger charge is -2.34. The number of hydrogen-bond acceptors (Lipinski definition) is 4. The second kappa shape index (κ2) is 5.43. The second-order valence-corrected chi connectivity index (χ2v) is 6.82. The fourth-order valence-corrected chi connectivity index (χ4v) is 3.00. The van der Waals surface area contributed by atoms with E-state index in [1.54, 1.807) is 16.7 Å². The summed E-state index contributed by atoms with van der Waals surface area (Å²) in [4.78, 5) is 14.9. The van der Waals surface area contributed by atoms with Gasteiger partial charge < -0.3 is 9.84 Å². The third kappa shape index (κ3) is 3.42. The van der Waals surface area contributed by atoms with Crippen molar-refractivity contribution in [3.63, 3.8) is 0 Å². The van der Waals surface area contributed by atoms with Gasteiger partial charge in [0.2, 0.25) is 0 Å². The van der Waals surface area contributed by atoms with Crippen LogP contribution in [0.25, 0.3) is 0 Å². The van der Waals surface area contributed by atoms with Gasteiger partial charge in [0.25, 0.3) is 0 Å². The molecule has 2 rings (SSSR count). The van der Waals surface area contributed by atoms with Crippen molar-refractivity contribution in [2.24, 2.45) is 0 Å². The maximum atomic E-state index is 12.3. The third-order valence-electron chi connectivity index (χ3n) is 2.65. The maximum Gasteiger partial charge on any atom is 0.414 e. The Balaban J connectivity index is 2.27. The number of ether oxygens (including phenoxy) is 1. The Morgan fingerprint density at radius 2 is 2.16 bits per heavy atom. The van der Waals surface area contributed by atoms with Gasteiger partial charge in [0.1, 0.15) is 5.60 Å². The first-order chi connectivity index (χ1) is 8.90. The lowest BCUT2D eigenvalue weighted by molar-refractivity contribution is 0.0577. The lowest BCUT2D eigenvalue weighted by Crippen LogP contribution is -2.43. The Kier molecular flexibility index (Phi) is 4.06. The molecule has 0 aromatic heterocycles. The Bertz CT molecular complexity index is 470. The summed E-state index contributed by atoms with van der Waals surface area (Å²) in [5.74, 6) is 0. The first-order valence-corrected chi connectivity index (χ1v) is 7.16. The fourth-order valence-electron chi connectivity index (χ4n) is 1.88. The highest BCUT2D eigenvalue weighted by Gasteiger charge is 2.31. The molecule has 1 aliphatic heterocycles. The van der Waals surface area contributed by atoms with Crippen LogP contribution < -0.4 is 4.90 Å². The molecule has 0 saturated carbocycles. The van der Waals surface area contributed by atoms with Gasteiger partial charge in [-0.1, -0.05) is 12.1 Å². The van der Waals surface area contributed by atoms with Gasteiger partial charge in [0.15, 0.2) is 0 Å². The smallest absolute Gasteiger partial charge is 0.414 e. The summed E-state index contributed by atoms with van der Waals surface area (Å²) in [5.41, 5.74) is 0.331. The Hall–Kier alpha value is -1.20. The van der Waals surface area contributed by atoms with Crippen LogP contribution in [0.1, 0.15) is 20.8 Å². The van der Waals surface area contributed by atoms with Gasteiger partial charge in [-0.25, -0.2) is 4.79 Å². The number of aliphatic hydroxyl groups excluding tert-OH is 1. The van der Waals surface area contributed by atoms with Crippen LogP contribution in [0.15, 0.2) is 29.2 Å². The molecule has 1 heterocycles. The topological polar surface area (TPSA) is 49.8 Å². The average molecular weight is 281 g/mol. The number of rotatable bonds is 1. The molecule has 0 bridgehead atoms. The summed E-state index contributed by atoms with van der Waals surface area (Å²) in [5, 5.41) is 9.34. The van der Waals surface area contributed by atoms with Gasteiger partial charge in [0, 0.05) is 11.4 Å². The van der Waals surface area contributed by atoms with E-state index in [1.807, 2.05) is 45.0 Å². The van der Waals surface area contributed by atoms with Crippen LogP contribution in [0.2, 0.25) is 0 Å². The summed E-state index contributed by atoms with van der Waals surface area (Å²) in [7, 11) is 0. The van der Waals surface area contributed by atoms with E-state index in [2.05, 4.69) is 0 Å². The van der Waals surface area contributed by atoms with Crippen LogP contribution in [-0.2, 0) is 4.74 Å². The number of thioether (sulfide) groups is 1. The van der Waals surface area contributed by atoms with E-state index in [1.165, 1.54) is 0 Å². The molecule has 0 radical (unpaired) electrons. The van der Waals surface area contributed by atoms with E-state index in [9.17, 15) is 9.90 Å². The van der Waals surface area contributed by atoms with Crippen LogP contribution >= 0.6 is 11.8 Å². The molecule has 5 heteroatoms. The standard InChI is InChI=1S/C14H19NO3S/c1-14(2,3)18-13(17)15-8-10(9-16)19-12-7-5-4-6-11(12)15/h4-7,10,16H,8-9H2,1-3H3/t10-/m0/s1. The molecular formula is C14H19NO3S. The van der Waals surface area contributed by atoms with Crippen molar-refractivity contribution in [2.45, 2.75) is 36.5 Å². The largest absolute Gasteiger partial charge is 0.443 e. The predicted molar refractivity (Wildman–Crippen MR) is 76.8 cm³/mol. The summed E-state index contributed by atoms with van der Waals surface area (Å²) in [6.07, 6.45) is -0.362. The van der Waals surface area contributed by atoms with Gasteiger partial charge in [-0.3, -0.25) is 4.90 Å². The van der Waals surface area contributed by atoms with Gasteiger partial charge in [-0.2, -0.15) is 0 Å². The minimum atomic E-state index is -0.522. The molecule has 1 aliphatic rings. The maximum absolute atomic E-state index is 12.3. The Morgan fingerprint density at radius 3 is 2.79 bits per heavy atom. The first kappa shape index (κ1) is 14.2. The van der Waals surface area contributed by atoms with Crippen LogP contribution in [0.4, 0.5) is 10.5 Å². The van der Waals surface area contributed by atoms with Crippen LogP contribution in [0.5, 0.6) is 0 Å². The SMILES string of the molecule is CC(C)(C)OC(=O)N1C[C@@H](CO)Sc2ccccc21. The molecule has 1 atom stereocenters. The number of amides is 1. The highest BCUT2D eigenvalue weighted by molar-refractivity contribution is 8.00. The molecule has 104 valence electrons. The zero-order valence-electron chi connectivity index (χ0n) is 11.4. The van der Waals surface area contributed by atoms with E-state index >= 15 is 0 Å². The molecule has 0 unspecified atom stereocenters. The first-order valence-electron chi connectivity index (χ1n) is 6.28. The number of nitrogens with zero attached hydrogens (tertiary/aromatic N) is 1. The minimum absolute atomic E-state index is 0.0116. The number of para-hydroxylation sites is 1. The van der Waals surface area contributed by atoms with E-state index in [-0.39, 0.29) is 18.0 Å². The molecule has 1 aromatic carbocycles. The molecule has 1 aromatic rings. The van der Waals surface area contributed by atoms with Crippen molar-refractivity contribution in [2.75, 3.05) is 18.1 Å². The molecule has 0 fully saturated rings. The van der Waals surface area contributed by atoms with Crippen molar-refractivity contribution in [1.29, 1.82) is 0 Å². The van der Waals surface area contributed by atoms with Gasteiger partial charge in [-0.05, 0) is 32.9 Å². The van der Waals surface area contributed by atoms with Crippen molar-refractivity contribution in [3.8, 4) is 0 Å². The number of anilines is 1. The monoisotopic (exact) mass is 281 g/mol. The molecular weight excluding hydrogens is 262 g/mol. The molecule has 1 amide bonds. The van der Waals surface area contributed by atoms with Gasteiger partial charge in [-0.15, -0.1) is 11.8 Å². The second-order valence-electron chi connectivity index (χ2n) is 5.48. The lowest BCUT2D eigenvalue weighted by atomic mass is 10.2. The molecule has 0 spiro atoms. The van der Waals surface area contributed by atoms with E-state index < -0.39 is 5.60 Å². The van der Waals surface area contributed by atoms with Gasteiger partial charge >= 0.3 is 6.09 Å². The van der Waals surface area contributed by atoms with Crippen molar-refractivity contribution in [1.82, 2.24) is 0 Å². The summed E-state index contributed by atoms with van der Waals surface area (Å²) in [6, 6.07) is 7.69. The number of hydrogen-bond donors (Lipinski definition) is 1. The normalized spacial score (nSPS) is 18.9. The molecule has 0 aliphatic carbocycles. The number of aliphatic hydroxyl groups is 1. The van der Waals surface area contributed by atoms with E-state index in [0.29, 0.717) is 6.54 Å². The summed E-state index contributed by atoms with van der Waals surface area (Å²) < 4.78 is 5.42. The van der Waals surface area contributed by atoms with Gasteiger partial charge in [0.05, 0.1) is 17.5 Å². The third-order valence-corrected chi connectivity index (χ3v) is 3.88. The summed E-state index contributed by atoms with van der Waals surface area (Å²) >= 11 is 1.60. The number of carbonyl (C=O) groups excluding carboxylic acids is 1. The highest BCUT2D eigenvalue weighted by Crippen LogP contribution is 2.38. The van der Waals surface area contributed by atoms with Crippen molar-refractivity contribution >= 4 is 23.5 Å². The Morgan fingerprint density at radius 1 is 1.47 bits per heavy atom. The molecule has 0 saturated heterocycles. The zero-order chi connectivity index (χ0) is 14.0. The molecule has 4 nitrogen and oxygen atoms in total. The van der Waals surface area contributed by atoms with Crippen molar-refractivity contribution < 1.29 is 14.6 Å². The molecule has 19 heavy (non-hydrogen) atoms. The number of fused-ring (bicyclic) bond motifs is 1.